The second-order valence-corrected chi connectivity index (χ2v) is 8.14. The Bertz CT molecular complexity index is 741. The van der Waals surface area contributed by atoms with E-state index in [1.165, 1.54) is 0 Å². The molecule has 2 aromatic rings. The molecular weight excluding hydrogens is 366 g/mol. The molecule has 0 aliphatic heterocycles. The number of rotatable bonds is 6. The van der Waals surface area contributed by atoms with Crippen LogP contribution in [0.1, 0.15) is 41.7 Å². The van der Waals surface area contributed by atoms with Gasteiger partial charge < -0.3 is 10.6 Å². The van der Waals surface area contributed by atoms with Crippen molar-refractivity contribution in [1.82, 2.24) is 15.6 Å². The second-order valence-electron chi connectivity index (χ2n) is 6.40. The Hall–Kier alpha value is -1.86. The van der Waals surface area contributed by atoms with Crippen molar-refractivity contribution in [3.05, 3.63) is 46.4 Å². The summed E-state index contributed by atoms with van der Waals surface area (Å²) in [5.41, 5.74) is 3.56. The predicted octanol–water partition coefficient (Wildman–Crippen LogP) is 3.47. The lowest BCUT2D eigenvalue weighted by Gasteiger charge is -2.28. The smallest absolute Gasteiger partial charge is 0.252 e. The van der Waals surface area contributed by atoms with E-state index in [2.05, 4.69) is 15.6 Å². The molecule has 26 heavy (non-hydrogen) atoms. The van der Waals surface area contributed by atoms with Crippen LogP contribution in [-0.2, 0) is 10.5 Å². The van der Waals surface area contributed by atoms with Crippen molar-refractivity contribution in [2.24, 2.45) is 5.92 Å². The highest BCUT2D eigenvalue weighted by atomic mass is 32.2. The highest BCUT2D eigenvalue weighted by molar-refractivity contribution is 7.98. The molecule has 2 N–H and O–H groups in total. The van der Waals surface area contributed by atoms with E-state index in [0.29, 0.717) is 5.56 Å². The number of carbonyl (C=O) groups is 2. The lowest BCUT2D eigenvalue weighted by molar-refractivity contribution is -0.125. The van der Waals surface area contributed by atoms with E-state index in [1.807, 2.05) is 35.2 Å². The molecule has 0 unspecified atom stereocenters. The summed E-state index contributed by atoms with van der Waals surface area (Å²) in [4.78, 5) is 29.7. The SMILES string of the molecule is CNC(=O)C1CCC(NC(=O)c2ccccc2SCc2cscn2)CC1. The second kappa shape index (κ2) is 9.19. The van der Waals surface area contributed by atoms with Crippen LogP contribution in [0.3, 0.4) is 0 Å². The topological polar surface area (TPSA) is 71.1 Å². The third-order valence-electron chi connectivity index (χ3n) is 4.67. The van der Waals surface area contributed by atoms with Crippen molar-refractivity contribution in [3.63, 3.8) is 0 Å². The van der Waals surface area contributed by atoms with Crippen LogP contribution in [0.25, 0.3) is 0 Å². The van der Waals surface area contributed by atoms with Gasteiger partial charge >= 0.3 is 0 Å². The summed E-state index contributed by atoms with van der Waals surface area (Å²) < 4.78 is 0. The summed E-state index contributed by atoms with van der Waals surface area (Å²) in [6, 6.07) is 7.84. The number of benzene rings is 1. The van der Waals surface area contributed by atoms with Gasteiger partial charge in [-0.25, -0.2) is 4.98 Å². The number of nitrogens with one attached hydrogen (secondary N) is 2. The summed E-state index contributed by atoms with van der Waals surface area (Å²) in [5.74, 6) is 0.910. The maximum Gasteiger partial charge on any atom is 0.252 e. The lowest BCUT2D eigenvalue weighted by atomic mass is 9.85. The molecule has 1 aromatic heterocycles. The predicted molar refractivity (Wildman–Crippen MR) is 105 cm³/mol. The molecule has 138 valence electrons. The zero-order valence-electron chi connectivity index (χ0n) is 14.7. The third kappa shape index (κ3) is 4.86. The van der Waals surface area contributed by atoms with Gasteiger partial charge in [0.1, 0.15) is 0 Å². The Morgan fingerprint density at radius 3 is 2.69 bits per heavy atom. The fourth-order valence-corrected chi connectivity index (χ4v) is 4.82. The third-order valence-corrected chi connectivity index (χ3v) is 6.41. The largest absolute Gasteiger partial charge is 0.359 e. The van der Waals surface area contributed by atoms with Crippen LogP contribution in [0.4, 0.5) is 0 Å². The molecule has 7 heteroatoms. The van der Waals surface area contributed by atoms with Crippen LogP contribution < -0.4 is 10.6 Å². The summed E-state index contributed by atoms with van der Waals surface area (Å²) in [6.07, 6.45) is 3.34. The van der Waals surface area contributed by atoms with Gasteiger partial charge in [0.15, 0.2) is 0 Å². The molecule has 0 atom stereocenters. The molecule has 0 saturated heterocycles. The minimum absolute atomic E-state index is 0.0326. The van der Waals surface area contributed by atoms with Crippen LogP contribution in [-0.4, -0.2) is 29.9 Å². The molecule has 3 rings (SSSR count). The van der Waals surface area contributed by atoms with E-state index < -0.39 is 0 Å². The summed E-state index contributed by atoms with van der Waals surface area (Å²) in [5, 5.41) is 7.89. The molecular formula is C19H23N3O2S2. The van der Waals surface area contributed by atoms with Crippen molar-refractivity contribution in [1.29, 1.82) is 0 Å². The molecule has 1 fully saturated rings. The van der Waals surface area contributed by atoms with E-state index in [1.54, 1.807) is 30.1 Å². The first kappa shape index (κ1) is 18.9. The van der Waals surface area contributed by atoms with Crippen LogP contribution in [0.15, 0.2) is 40.1 Å². The highest BCUT2D eigenvalue weighted by Gasteiger charge is 2.27. The van der Waals surface area contributed by atoms with Crippen LogP contribution >= 0.6 is 23.1 Å². The van der Waals surface area contributed by atoms with E-state index in [0.717, 1.165) is 42.0 Å². The van der Waals surface area contributed by atoms with Gasteiger partial charge in [0, 0.05) is 35.0 Å². The van der Waals surface area contributed by atoms with E-state index in [-0.39, 0.29) is 23.8 Å². The van der Waals surface area contributed by atoms with E-state index in [4.69, 9.17) is 0 Å². The minimum atomic E-state index is -0.0326. The number of hydrogen-bond acceptors (Lipinski definition) is 5. The molecule has 0 radical (unpaired) electrons. The number of thiazole rings is 1. The Labute approximate surface area is 162 Å². The van der Waals surface area contributed by atoms with Gasteiger partial charge in [0.25, 0.3) is 5.91 Å². The monoisotopic (exact) mass is 389 g/mol. The van der Waals surface area contributed by atoms with Gasteiger partial charge in [0.05, 0.1) is 16.8 Å². The Balaban J connectivity index is 1.57. The molecule has 0 spiro atoms. The highest BCUT2D eigenvalue weighted by Crippen LogP contribution is 2.28. The number of amides is 2. The quantitative estimate of drug-likeness (QED) is 0.742. The Kier molecular flexibility index (Phi) is 6.68. The number of thioether (sulfide) groups is 1. The van der Waals surface area contributed by atoms with Crippen molar-refractivity contribution >= 4 is 34.9 Å². The minimum Gasteiger partial charge on any atom is -0.359 e. The summed E-state index contributed by atoms with van der Waals surface area (Å²) >= 11 is 3.21. The summed E-state index contributed by atoms with van der Waals surface area (Å²) in [7, 11) is 1.68. The molecule has 1 heterocycles. The van der Waals surface area contributed by atoms with Gasteiger partial charge in [-0.15, -0.1) is 23.1 Å². The molecule has 1 aliphatic carbocycles. The van der Waals surface area contributed by atoms with Gasteiger partial charge in [0.2, 0.25) is 5.91 Å². The molecule has 1 aliphatic rings. The molecule has 5 nitrogen and oxygen atoms in total. The van der Waals surface area contributed by atoms with Crippen molar-refractivity contribution in [2.45, 2.75) is 42.4 Å². The standard InChI is InChI=1S/C19H23N3O2S2/c1-20-18(23)13-6-8-14(9-7-13)22-19(24)16-4-2-3-5-17(16)26-11-15-10-25-12-21-15/h2-5,10,12-14H,6-9,11H2,1H3,(H,20,23)(H,22,24). The average molecular weight is 390 g/mol. The molecule has 2 amide bonds. The zero-order chi connectivity index (χ0) is 18.4. The summed E-state index contributed by atoms with van der Waals surface area (Å²) in [6.45, 7) is 0. The Morgan fingerprint density at radius 2 is 2.00 bits per heavy atom. The van der Waals surface area contributed by atoms with Gasteiger partial charge in [-0.1, -0.05) is 12.1 Å². The van der Waals surface area contributed by atoms with Crippen LogP contribution in [0.2, 0.25) is 0 Å². The van der Waals surface area contributed by atoms with Crippen molar-refractivity contribution in [2.75, 3.05) is 7.05 Å². The normalized spacial score (nSPS) is 19.7. The fourth-order valence-electron chi connectivity index (χ4n) is 3.21. The van der Waals surface area contributed by atoms with E-state index >= 15 is 0 Å². The van der Waals surface area contributed by atoms with Gasteiger partial charge in [-0.2, -0.15) is 0 Å². The van der Waals surface area contributed by atoms with Crippen molar-refractivity contribution < 1.29 is 9.59 Å². The van der Waals surface area contributed by atoms with Gasteiger partial charge in [-0.05, 0) is 37.8 Å². The molecule has 1 saturated carbocycles. The zero-order valence-corrected chi connectivity index (χ0v) is 16.4. The van der Waals surface area contributed by atoms with Crippen LogP contribution in [0, 0.1) is 5.92 Å². The maximum atomic E-state index is 12.7. The lowest BCUT2D eigenvalue weighted by Crippen LogP contribution is -2.40. The molecule has 0 bridgehead atoms. The number of carbonyl (C=O) groups excluding carboxylic acids is 2. The van der Waals surface area contributed by atoms with E-state index in [9.17, 15) is 9.59 Å². The first-order chi connectivity index (χ1) is 12.7. The number of nitrogens with zero attached hydrogens (tertiary/aromatic N) is 1. The maximum absolute atomic E-state index is 12.7. The first-order valence-electron chi connectivity index (χ1n) is 8.78. The molecule has 1 aromatic carbocycles. The van der Waals surface area contributed by atoms with Crippen LogP contribution in [0.5, 0.6) is 0 Å². The first-order valence-corrected chi connectivity index (χ1v) is 10.7. The average Bonchev–Trinajstić information content (AvgIpc) is 3.20. The van der Waals surface area contributed by atoms with Gasteiger partial charge in [-0.3, -0.25) is 9.59 Å². The Morgan fingerprint density at radius 1 is 1.23 bits per heavy atom. The number of hydrogen-bond donors (Lipinski definition) is 2. The number of aromatic nitrogens is 1. The fraction of sp³-hybridized carbons (Fsp3) is 0.421. The van der Waals surface area contributed by atoms with Crippen molar-refractivity contribution in [3.8, 4) is 0 Å².